The van der Waals surface area contributed by atoms with Gasteiger partial charge in [0.1, 0.15) is 11.6 Å². The van der Waals surface area contributed by atoms with Crippen molar-refractivity contribution in [2.45, 2.75) is 43.3 Å². The number of rotatable bonds is 12. The number of ketones is 1. The van der Waals surface area contributed by atoms with E-state index in [1.807, 2.05) is 6.92 Å². The molecular weight excluding hydrogens is 604 g/mol. The molecule has 1 fully saturated rings. The van der Waals surface area contributed by atoms with Crippen LogP contribution in [0, 0.1) is 11.7 Å². The molecule has 1 saturated heterocycles. The van der Waals surface area contributed by atoms with Gasteiger partial charge >= 0.3 is 5.91 Å². The smallest absolute Gasteiger partial charge is 0.301 e. The van der Waals surface area contributed by atoms with Crippen molar-refractivity contribution in [2.75, 3.05) is 18.1 Å². The number of halogens is 1. The van der Waals surface area contributed by atoms with Gasteiger partial charge in [0.15, 0.2) is 15.8 Å². The highest BCUT2D eigenvalue weighted by atomic mass is 32.2. The molecule has 44 heavy (non-hydrogen) atoms. The maximum Gasteiger partial charge on any atom is 0.301 e. The van der Waals surface area contributed by atoms with E-state index in [-0.39, 0.29) is 22.3 Å². The maximum atomic E-state index is 13.6. The van der Waals surface area contributed by atoms with Crippen molar-refractivity contribution in [1.82, 2.24) is 15.2 Å². The molecule has 1 aliphatic rings. The highest BCUT2D eigenvalue weighted by Crippen LogP contribution is 2.45. The number of aliphatic hydroxyl groups excluding tert-OH is 1. The van der Waals surface area contributed by atoms with Crippen LogP contribution in [-0.2, 0) is 15.3 Å². The number of thioether (sulfide) groups is 1. The van der Waals surface area contributed by atoms with Gasteiger partial charge < -0.3 is 14.6 Å². The number of carbonyl (C=O) groups is 2. The number of aliphatic hydroxyl groups is 1. The average molecular weight is 635 g/mol. The van der Waals surface area contributed by atoms with Crippen LogP contribution < -0.4 is 14.4 Å². The average Bonchev–Trinajstić information content (AvgIpc) is 3.59. The van der Waals surface area contributed by atoms with Crippen LogP contribution in [0.4, 0.5) is 9.52 Å². The number of hydrogen-bond donors (Lipinski definition) is 1. The number of hydrogen-bond acceptors (Lipinski definition) is 10. The van der Waals surface area contributed by atoms with Crippen molar-refractivity contribution in [3.05, 3.63) is 95.1 Å². The number of aromatic nitrogens is 3. The molecule has 2 aromatic carbocycles. The summed E-state index contributed by atoms with van der Waals surface area (Å²) in [4.78, 5) is 32.4. The van der Waals surface area contributed by atoms with Crippen LogP contribution in [0.1, 0.15) is 49.9 Å². The molecule has 0 bridgehead atoms. The fraction of sp³-hybridized carbons (Fsp3) is 0.281. The van der Waals surface area contributed by atoms with Gasteiger partial charge in [0.2, 0.25) is 5.13 Å². The van der Waals surface area contributed by atoms with Crippen LogP contribution in [0.5, 0.6) is 11.5 Å². The third kappa shape index (κ3) is 6.92. The third-order valence-corrected chi connectivity index (χ3v) is 8.94. The molecule has 0 aliphatic carbocycles. The van der Waals surface area contributed by atoms with E-state index < -0.39 is 17.7 Å². The van der Waals surface area contributed by atoms with Gasteiger partial charge in [-0.2, -0.15) is 0 Å². The lowest BCUT2D eigenvalue weighted by atomic mass is 9.95. The molecule has 0 radical (unpaired) electrons. The first-order valence-corrected chi connectivity index (χ1v) is 15.9. The van der Waals surface area contributed by atoms with Crippen LogP contribution >= 0.6 is 23.1 Å². The minimum Gasteiger partial charge on any atom is -0.507 e. The van der Waals surface area contributed by atoms with E-state index >= 15 is 0 Å². The van der Waals surface area contributed by atoms with Gasteiger partial charge in [-0.3, -0.25) is 19.5 Å². The van der Waals surface area contributed by atoms with E-state index in [9.17, 15) is 19.1 Å². The van der Waals surface area contributed by atoms with Crippen LogP contribution in [-0.4, -0.2) is 45.2 Å². The summed E-state index contributed by atoms with van der Waals surface area (Å²) in [6, 6.07) is 13.5. The summed E-state index contributed by atoms with van der Waals surface area (Å²) < 4.78 is 25.8. The Balaban J connectivity index is 1.54. The summed E-state index contributed by atoms with van der Waals surface area (Å²) in [6.45, 7) is 6.95. The lowest BCUT2D eigenvalue weighted by Gasteiger charge is -2.23. The van der Waals surface area contributed by atoms with E-state index in [1.165, 1.54) is 41.2 Å². The number of amides is 1. The minimum atomic E-state index is -1.02. The quantitative estimate of drug-likeness (QED) is 0.0590. The molecule has 3 heterocycles. The van der Waals surface area contributed by atoms with Crippen LogP contribution in [0.3, 0.4) is 0 Å². The predicted octanol–water partition coefficient (Wildman–Crippen LogP) is 6.81. The highest BCUT2D eigenvalue weighted by molar-refractivity contribution is 8.00. The summed E-state index contributed by atoms with van der Waals surface area (Å²) in [6.07, 6.45) is 3.84. The molecule has 1 aliphatic heterocycles. The fourth-order valence-corrected chi connectivity index (χ4v) is 6.40. The van der Waals surface area contributed by atoms with Crippen LogP contribution in [0.25, 0.3) is 5.76 Å². The van der Waals surface area contributed by atoms with Gasteiger partial charge in [0, 0.05) is 23.7 Å². The van der Waals surface area contributed by atoms with Crippen LogP contribution in [0.2, 0.25) is 0 Å². The van der Waals surface area contributed by atoms with Gasteiger partial charge in [0.05, 0.1) is 24.8 Å². The lowest BCUT2D eigenvalue weighted by molar-refractivity contribution is -0.132. The topological polar surface area (TPSA) is 115 Å². The zero-order valence-corrected chi connectivity index (χ0v) is 26.0. The first kappa shape index (κ1) is 31.1. The number of ether oxygens (including phenoxy) is 2. The SMILES string of the molecule is CCOc1cc(C2C(=C(O)c3ccncc3)C(=O)C(=O)N2c2nnc(SCc3ccc(F)cc3)s2)ccc1OCCC(C)C. The highest BCUT2D eigenvalue weighted by Gasteiger charge is 2.48. The van der Waals surface area contributed by atoms with Gasteiger partial charge in [-0.05, 0) is 66.8 Å². The number of nitrogens with zero attached hydrogens (tertiary/aromatic N) is 4. The Kier molecular flexibility index (Phi) is 9.91. The molecule has 1 N–H and O–H groups in total. The second-order valence-electron chi connectivity index (χ2n) is 10.3. The zero-order chi connectivity index (χ0) is 31.2. The molecule has 2 aromatic heterocycles. The largest absolute Gasteiger partial charge is 0.507 e. The first-order chi connectivity index (χ1) is 21.3. The van der Waals surface area contributed by atoms with Crippen molar-refractivity contribution in [3.8, 4) is 11.5 Å². The van der Waals surface area contributed by atoms with Crippen molar-refractivity contribution in [2.24, 2.45) is 5.92 Å². The Morgan fingerprint density at radius 1 is 1.05 bits per heavy atom. The Labute approximate surface area is 262 Å². The monoisotopic (exact) mass is 634 g/mol. The van der Waals surface area contributed by atoms with E-state index in [0.717, 1.165) is 23.3 Å². The fourth-order valence-electron chi connectivity index (χ4n) is 4.58. The Morgan fingerprint density at radius 3 is 2.50 bits per heavy atom. The van der Waals surface area contributed by atoms with Crippen molar-refractivity contribution >= 4 is 45.7 Å². The Hall–Kier alpha value is -4.29. The molecule has 0 saturated carbocycles. The summed E-state index contributed by atoms with van der Waals surface area (Å²) in [5.74, 6) is -0.375. The lowest BCUT2D eigenvalue weighted by Crippen LogP contribution is -2.29. The van der Waals surface area contributed by atoms with Gasteiger partial charge in [-0.25, -0.2) is 4.39 Å². The third-order valence-electron chi connectivity index (χ3n) is 6.81. The molecule has 1 atom stereocenters. The van der Waals surface area contributed by atoms with Crippen molar-refractivity contribution < 1.29 is 28.6 Å². The summed E-state index contributed by atoms with van der Waals surface area (Å²) >= 11 is 2.52. The second-order valence-corrected chi connectivity index (χ2v) is 12.5. The minimum absolute atomic E-state index is 0.0900. The normalized spacial score (nSPS) is 16.1. The summed E-state index contributed by atoms with van der Waals surface area (Å²) in [5.41, 5.74) is 1.67. The number of benzene rings is 2. The van der Waals surface area contributed by atoms with E-state index in [4.69, 9.17) is 9.47 Å². The number of anilines is 1. The van der Waals surface area contributed by atoms with Gasteiger partial charge in [-0.1, -0.05) is 55.1 Å². The molecular formula is C32H31FN4O5S2. The molecule has 228 valence electrons. The molecule has 0 spiro atoms. The molecule has 5 rings (SSSR count). The van der Waals surface area contributed by atoms with Gasteiger partial charge in [0.25, 0.3) is 5.78 Å². The van der Waals surface area contributed by atoms with Crippen LogP contribution in [0.15, 0.2) is 76.9 Å². The predicted molar refractivity (Wildman–Crippen MR) is 167 cm³/mol. The summed E-state index contributed by atoms with van der Waals surface area (Å²) in [5, 5.41) is 20.1. The zero-order valence-electron chi connectivity index (χ0n) is 24.4. The number of pyridine rings is 1. The molecule has 12 heteroatoms. The maximum absolute atomic E-state index is 13.6. The Morgan fingerprint density at radius 2 is 1.80 bits per heavy atom. The van der Waals surface area contributed by atoms with Crippen molar-refractivity contribution in [3.63, 3.8) is 0 Å². The van der Waals surface area contributed by atoms with E-state index in [1.54, 1.807) is 42.5 Å². The second kappa shape index (κ2) is 14.0. The van der Waals surface area contributed by atoms with Crippen molar-refractivity contribution in [1.29, 1.82) is 0 Å². The molecule has 9 nitrogen and oxygen atoms in total. The Bertz CT molecular complexity index is 1660. The number of carbonyl (C=O) groups excluding carboxylic acids is 2. The first-order valence-electron chi connectivity index (χ1n) is 14.1. The molecule has 1 unspecified atom stereocenters. The standard InChI is InChI=1S/C32H31FN4O5S2/c1-4-41-25-17-22(7-10-24(25)42-16-13-19(2)3)27-26(28(38)21-11-14-34-15-12-21)29(39)30(40)37(27)31-35-36-32(44-31)43-18-20-5-8-23(33)9-6-20/h5-12,14-15,17,19,27,38H,4,13,16,18H2,1-3H3. The molecule has 4 aromatic rings. The molecule has 1 amide bonds. The summed E-state index contributed by atoms with van der Waals surface area (Å²) in [7, 11) is 0. The number of Topliss-reactive ketones (excluding diaryl/α,β-unsaturated/α-hetero) is 1. The van der Waals surface area contributed by atoms with E-state index in [0.29, 0.717) is 51.9 Å². The van der Waals surface area contributed by atoms with Gasteiger partial charge in [-0.15, -0.1) is 10.2 Å². The van der Waals surface area contributed by atoms with E-state index in [2.05, 4.69) is 29.0 Å².